The van der Waals surface area contributed by atoms with Gasteiger partial charge < -0.3 is 4.90 Å². The van der Waals surface area contributed by atoms with Gasteiger partial charge in [0.25, 0.3) is 0 Å². The van der Waals surface area contributed by atoms with E-state index in [1.165, 1.54) is 0 Å². The molecule has 20 heavy (non-hydrogen) atoms. The fourth-order valence-corrected chi connectivity index (χ4v) is 3.00. The van der Waals surface area contributed by atoms with Gasteiger partial charge in [0.05, 0.1) is 0 Å². The van der Waals surface area contributed by atoms with Crippen LogP contribution < -0.4 is 4.90 Å². The molecule has 1 aliphatic heterocycles. The Balaban J connectivity index is 2.11. The second-order valence-corrected chi connectivity index (χ2v) is 5.83. The van der Waals surface area contributed by atoms with Crippen LogP contribution in [0.15, 0.2) is 12.1 Å². The van der Waals surface area contributed by atoms with Gasteiger partial charge in [0.2, 0.25) is 0 Å². The summed E-state index contributed by atoms with van der Waals surface area (Å²) in [5, 5.41) is 0. The molecule has 0 spiro atoms. The quantitative estimate of drug-likeness (QED) is 0.835. The Hall–Kier alpha value is -1.16. The van der Waals surface area contributed by atoms with Crippen LogP contribution in [0.5, 0.6) is 0 Å². The molecular weight excluding hydrogens is 258 g/mol. The fraction of sp³-hybridized carbons (Fsp3) is 0.625. The van der Waals surface area contributed by atoms with Gasteiger partial charge in [0.1, 0.15) is 12.5 Å². The van der Waals surface area contributed by atoms with E-state index in [1.807, 2.05) is 20.8 Å². The minimum Gasteiger partial charge on any atom is -0.369 e. The molecule has 0 amide bonds. The van der Waals surface area contributed by atoms with Gasteiger partial charge in [0, 0.05) is 38.4 Å². The van der Waals surface area contributed by atoms with E-state index in [1.54, 1.807) is 6.07 Å². The predicted octanol–water partition coefficient (Wildman–Crippen LogP) is 3.35. The lowest BCUT2D eigenvalue weighted by Gasteiger charge is -2.36. The average Bonchev–Trinajstić information content (AvgIpc) is 2.38. The summed E-state index contributed by atoms with van der Waals surface area (Å²) in [5.74, 6) is 0.0895. The second kappa shape index (κ2) is 6.53. The third kappa shape index (κ3) is 3.29. The molecular formula is C16H24F2N2. The molecule has 1 aliphatic rings. The van der Waals surface area contributed by atoms with Gasteiger partial charge in [-0.3, -0.25) is 4.90 Å². The Labute approximate surface area is 120 Å². The van der Waals surface area contributed by atoms with Crippen LogP contribution in [-0.4, -0.2) is 44.3 Å². The molecule has 1 aromatic rings. The molecule has 4 heteroatoms. The van der Waals surface area contributed by atoms with Crippen LogP contribution in [0.4, 0.5) is 14.5 Å². The first-order valence-corrected chi connectivity index (χ1v) is 7.36. The Morgan fingerprint density at radius 3 is 2.30 bits per heavy atom. The number of benzene rings is 1. The third-order valence-corrected chi connectivity index (χ3v) is 4.04. The lowest BCUT2D eigenvalue weighted by Crippen LogP contribution is -2.47. The molecule has 1 heterocycles. The molecule has 1 saturated heterocycles. The van der Waals surface area contributed by atoms with Gasteiger partial charge in [0.15, 0.2) is 0 Å². The van der Waals surface area contributed by atoms with Crippen LogP contribution in [0.25, 0.3) is 0 Å². The normalized spacial score (nSPS) is 17.0. The molecule has 2 rings (SSSR count). The van der Waals surface area contributed by atoms with E-state index in [0.717, 1.165) is 43.0 Å². The summed E-state index contributed by atoms with van der Waals surface area (Å²) in [6.07, 6.45) is 0. The lowest BCUT2D eigenvalue weighted by atomic mass is 9.96. The monoisotopic (exact) mass is 282 g/mol. The number of alkyl halides is 1. The van der Waals surface area contributed by atoms with Crippen LogP contribution in [0.2, 0.25) is 0 Å². The molecule has 0 unspecified atom stereocenters. The summed E-state index contributed by atoms with van der Waals surface area (Å²) >= 11 is 0. The van der Waals surface area contributed by atoms with E-state index in [0.29, 0.717) is 6.54 Å². The smallest absolute Gasteiger partial charge is 0.128 e. The van der Waals surface area contributed by atoms with Crippen molar-refractivity contribution in [3.63, 3.8) is 0 Å². The van der Waals surface area contributed by atoms with E-state index in [2.05, 4.69) is 15.9 Å². The summed E-state index contributed by atoms with van der Waals surface area (Å²) in [5.41, 5.74) is 2.77. The van der Waals surface area contributed by atoms with E-state index in [4.69, 9.17) is 0 Å². The molecule has 112 valence electrons. The number of anilines is 1. The van der Waals surface area contributed by atoms with Crippen LogP contribution in [-0.2, 0) is 0 Å². The number of aryl methyl sites for hydroxylation is 1. The molecule has 0 N–H and O–H groups in total. The van der Waals surface area contributed by atoms with Crippen molar-refractivity contribution >= 4 is 5.69 Å². The molecule has 2 nitrogen and oxygen atoms in total. The highest BCUT2D eigenvalue weighted by atomic mass is 19.1. The largest absolute Gasteiger partial charge is 0.369 e. The lowest BCUT2D eigenvalue weighted by molar-refractivity contribution is 0.235. The second-order valence-electron chi connectivity index (χ2n) is 5.83. The first-order chi connectivity index (χ1) is 9.52. The van der Waals surface area contributed by atoms with Gasteiger partial charge in [-0.15, -0.1) is 0 Å². The van der Waals surface area contributed by atoms with E-state index in [9.17, 15) is 8.78 Å². The van der Waals surface area contributed by atoms with Gasteiger partial charge >= 0.3 is 0 Å². The minimum absolute atomic E-state index is 0.110. The summed E-state index contributed by atoms with van der Waals surface area (Å²) in [4.78, 5) is 4.30. The number of rotatable bonds is 4. The molecule has 1 aromatic carbocycles. The fourth-order valence-electron chi connectivity index (χ4n) is 3.00. The average molecular weight is 282 g/mol. The van der Waals surface area contributed by atoms with E-state index in [-0.39, 0.29) is 18.4 Å². The molecule has 0 radical (unpaired) electrons. The highest BCUT2D eigenvalue weighted by Crippen LogP contribution is 2.28. The van der Waals surface area contributed by atoms with Crippen LogP contribution in [0.1, 0.15) is 30.9 Å². The Morgan fingerprint density at radius 1 is 1.15 bits per heavy atom. The maximum absolute atomic E-state index is 14.2. The Bertz CT molecular complexity index is 429. The molecule has 1 fully saturated rings. The highest BCUT2D eigenvalue weighted by molar-refractivity contribution is 5.52. The molecule has 0 aliphatic carbocycles. The van der Waals surface area contributed by atoms with Crippen molar-refractivity contribution in [3.8, 4) is 0 Å². The van der Waals surface area contributed by atoms with Gasteiger partial charge in [-0.05, 0) is 36.1 Å². The van der Waals surface area contributed by atoms with Crippen LogP contribution >= 0.6 is 0 Å². The summed E-state index contributed by atoms with van der Waals surface area (Å²) < 4.78 is 26.5. The maximum atomic E-state index is 14.2. The third-order valence-electron chi connectivity index (χ3n) is 4.04. The number of hydrogen-bond donors (Lipinski definition) is 0. The molecule has 0 aromatic heterocycles. The van der Waals surface area contributed by atoms with E-state index >= 15 is 0 Å². The molecule has 0 atom stereocenters. The van der Waals surface area contributed by atoms with Crippen molar-refractivity contribution in [2.75, 3.05) is 44.3 Å². The number of hydrogen-bond acceptors (Lipinski definition) is 2. The topological polar surface area (TPSA) is 6.48 Å². The Kier molecular flexibility index (Phi) is 4.97. The van der Waals surface area contributed by atoms with Crippen molar-refractivity contribution in [1.82, 2.24) is 4.90 Å². The van der Waals surface area contributed by atoms with Crippen molar-refractivity contribution in [1.29, 1.82) is 0 Å². The van der Waals surface area contributed by atoms with Crippen LogP contribution in [0, 0.1) is 12.7 Å². The van der Waals surface area contributed by atoms with Gasteiger partial charge in [-0.25, -0.2) is 8.78 Å². The SMILES string of the molecule is Cc1cc(N2CCN(CCF)CC2)cc(F)c1C(C)C. The summed E-state index contributed by atoms with van der Waals surface area (Å²) in [6.45, 7) is 9.57. The zero-order valence-corrected chi connectivity index (χ0v) is 12.6. The van der Waals surface area contributed by atoms with Crippen molar-refractivity contribution < 1.29 is 8.78 Å². The first kappa shape index (κ1) is 15.2. The number of piperazine rings is 1. The Morgan fingerprint density at radius 2 is 1.80 bits per heavy atom. The predicted molar refractivity (Wildman–Crippen MR) is 79.9 cm³/mol. The number of halogens is 2. The summed E-state index contributed by atoms with van der Waals surface area (Å²) in [7, 11) is 0. The highest BCUT2D eigenvalue weighted by Gasteiger charge is 2.19. The minimum atomic E-state index is -0.295. The standard InChI is InChI=1S/C16H24F2N2/c1-12(2)16-13(3)10-14(11-15(16)18)20-8-6-19(5-4-17)7-9-20/h10-12H,4-9H2,1-3H3. The van der Waals surface area contributed by atoms with Gasteiger partial charge in [-0.2, -0.15) is 0 Å². The molecule has 0 saturated carbocycles. The van der Waals surface area contributed by atoms with Crippen molar-refractivity contribution in [2.24, 2.45) is 0 Å². The van der Waals surface area contributed by atoms with Crippen LogP contribution in [0.3, 0.4) is 0 Å². The zero-order chi connectivity index (χ0) is 14.7. The molecule has 0 bridgehead atoms. The number of nitrogens with zero attached hydrogens (tertiary/aromatic N) is 2. The van der Waals surface area contributed by atoms with E-state index < -0.39 is 0 Å². The summed E-state index contributed by atoms with van der Waals surface area (Å²) in [6, 6.07) is 3.72. The van der Waals surface area contributed by atoms with Crippen molar-refractivity contribution in [2.45, 2.75) is 26.7 Å². The first-order valence-electron chi connectivity index (χ1n) is 7.36. The maximum Gasteiger partial charge on any atom is 0.128 e. The van der Waals surface area contributed by atoms with Crippen molar-refractivity contribution in [3.05, 3.63) is 29.1 Å². The zero-order valence-electron chi connectivity index (χ0n) is 12.6. The van der Waals surface area contributed by atoms with Gasteiger partial charge in [-0.1, -0.05) is 13.8 Å².